The number of nitrogens with one attached hydrogen (secondary N) is 1. The van der Waals surface area contributed by atoms with E-state index in [-0.39, 0.29) is 12.3 Å². The third-order valence-corrected chi connectivity index (χ3v) is 4.54. The molecule has 3 rings (SSSR count). The van der Waals surface area contributed by atoms with Gasteiger partial charge >= 0.3 is 0 Å². The van der Waals surface area contributed by atoms with E-state index >= 15 is 0 Å². The van der Waals surface area contributed by atoms with Crippen molar-refractivity contribution in [3.8, 4) is 10.6 Å². The molecule has 0 radical (unpaired) electrons. The van der Waals surface area contributed by atoms with Crippen molar-refractivity contribution in [2.24, 2.45) is 0 Å². The molecule has 0 fully saturated rings. The van der Waals surface area contributed by atoms with Crippen molar-refractivity contribution in [1.29, 1.82) is 0 Å². The summed E-state index contributed by atoms with van der Waals surface area (Å²) in [5, 5.41) is 5.47. The molecule has 2 aromatic heterocycles. The lowest BCUT2D eigenvalue weighted by atomic mass is 10.1. The molecule has 0 atom stereocenters. The molecule has 0 saturated heterocycles. The van der Waals surface area contributed by atoms with Gasteiger partial charge < -0.3 is 5.32 Å². The molecule has 116 valence electrons. The van der Waals surface area contributed by atoms with Crippen LogP contribution in [0.4, 0.5) is 0 Å². The lowest BCUT2D eigenvalue weighted by molar-refractivity contribution is -0.120. The third kappa shape index (κ3) is 3.94. The van der Waals surface area contributed by atoms with Crippen LogP contribution in [0.15, 0.2) is 54.2 Å². The van der Waals surface area contributed by atoms with Gasteiger partial charge in [0.1, 0.15) is 5.69 Å². The van der Waals surface area contributed by atoms with Crippen LogP contribution >= 0.6 is 22.9 Å². The molecule has 6 heteroatoms. The minimum Gasteiger partial charge on any atom is -0.350 e. The molecular weight excluding hydrogens is 330 g/mol. The fraction of sp³-hybridized carbons (Fsp3) is 0.118. The molecule has 1 aromatic carbocycles. The van der Waals surface area contributed by atoms with Crippen LogP contribution in [0.5, 0.6) is 0 Å². The second-order valence-corrected chi connectivity index (χ2v) is 6.23. The van der Waals surface area contributed by atoms with Crippen LogP contribution in [0.3, 0.4) is 0 Å². The Morgan fingerprint density at radius 2 is 1.96 bits per heavy atom. The van der Waals surface area contributed by atoms with Gasteiger partial charge in [0.05, 0.1) is 23.5 Å². The molecule has 0 bridgehead atoms. The van der Waals surface area contributed by atoms with Gasteiger partial charge in [0.2, 0.25) is 5.91 Å². The van der Waals surface area contributed by atoms with Gasteiger partial charge in [-0.25, -0.2) is 0 Å². The molecule has 2 heterocycles. The maximum atomic E-state index is 12.1. The van der Waals surface area contributed by atoms with Crippen LogP contribution < -0.4 is 5.32 Å². The summed E-state index contributed by atoms with van der Waals surface area (Å²) in [5.41, 5.74) is 2.37. The van der Waals surface area contributed by atoms with Crippen LogP contribution in [0.1, 0.15) is 11.3 Å². The molecule has 0 aliphatic carbocycles. The normalized spacial score (nSPS) is 10.5. The number of carbonyl (C=O) groups excluding carboxylic acids is 1. The second-order valence-electron chi connectivity index (χ2n) is 4.87. The fourth-order valence-electron chi connectivity index (χ4n) is 2.17. The standard InChI is InChI=1S/C17H14ClN3OS/c18-13-5-2-1-4-12(13)10-16(22)21-11-14-17(20-8-7-19-14)15-6-3-9-23-15/h1-9H,10-11H2,(H,21,22). The van der Waals surface area contributed by atoms with Gasteiger partial charge in [-0.3, -0.25) is 14.8 Å². The quantitative estimate of drug-likeness (QED) is 0.768. The Hall–Kier alpha value is -2.24. The summed E-state index contributed by atoms with van der Waals surface area (Å²) in [6.45, 7) is 0.338. The minimum atomic E-state index is -0.0964. The maximum absolute atomic E-state index is 12.1. The summed E-state index contributed by atoms with van der Waals surface area (Å²) < 4.78 is 0. The first kappa shape index (κ1) is 15.6. The number of carbonyl (C=O) groups is 1. The number of hydrogen-bond donors (Lipinski definition) is 1. The van der Waals surface area contributed by atoms with E-state index in [0.717, 1.165) is 21.8 Å². The summed E-state index contributed by atoms with van der Waals surface area (Å²) in [5.74, 6) is -0.0964. The highest BCUT2D eigenvalue weighted by Gasteiger charge is 2.11. The number of hydrogen-bond acceptors (Lipinski definition) is 4. The number of benzene rings is 1. The van der Waals surface area contributed by atoms with E-state index in [1.807, 2.05) is 35.7 Å². The average Bonchev–Trinajstić information content (AvgIpc) is 3.10. The van der Waals surface area contributed by atoms with Gasteiger partial charge in [0.15, 0.2) is 0 Å². The van der Waals surface area contributed by atoms with Crippen molar-refractivity contribution in [2.75, 3.05) is 0 Å². The fourth-order valence-corrected chi connectivity index (χ4v) is 3.12. The molecule has 23 heavy (non-hydrogen) atoms. The first-order chi connectivity index (χ1) is 11.2. The number of halogens is 1. The predicted octanol–water partition coefficient (Wildman–Crippen LogP) is 3.72. The van der Waals surface area contributed by atoms with Crippen molar-refractivity contribution in [3.63, 3.8) is 0 Å². The number of amides is 1. The van der Waals surface area contributed by atoms with E-state index in [4.69, 9.17) is 11.6 Å². The highest BCUT2D eigenvalue weighted by atomic mass is 35.5. The van der Waals surface area contributed by atoms with Crippen molar-refractivity contribution in [2.45, 2.75) is 13.0 Å². The van der Waals surface area contributed by atoms with Crippen molar-refractivity contribution in [3.05, 3.63) is 70.5 Å². The number of thiophene rings is 1. The highest BCUT2D eigenvalue weighted by molar-refractivity contribution is 7.13. The Balaban J connectivity index is 1.67. The summed E-state index contributed by atoms with van der Waals surface area (Å²) in [6.07, 6.45) is 3.53. The van der Waals surface area contributed by atoms with Gasteiger partial charge in [-0.1, -0.05) is 35.9 Å². The summed E-state index contributed by atoms with van der Waals surface area (Å²) in [6, 6.07) is 11.3. The third-order valence-electron chi connectivity index (χ3n) is 3.29. The number of nitrogens with zero attached hydrogens (tertiary/aromatic N) is 2. The molecule has 3 aromatic rings. The zero-order chi connectivity index (χ0) is 16.1. The van der Waals surface area contributed by atoms with E-state index < -0.39 is 0 Å². The van der Waals surface area contributed by atoms with E-state index in [0.29, 0.717) is 11.6 Å². The van der Waals surface area contributed by atoms with Gasteiger partial charge in [-0.05, 0) is 23.1 Å². The lowest BCUT2D eigenvalue weighted by Crippen LogP contribution is -2.25. The Kier molecular flexibility index (Phi) is 5.00. The summed E-state index contributed by atoms with van der Waals surface area (Å²) in [4.78, 5) is 21.9. The van der Waals surface area contributed by atoms with Crippen LogP contribution in [0.25, 0.3) is 10.6 Å². The van der Waals surface area contributed by atoms with E-state index in [1.54, 1.807) is 29.8 Å². The SMILES string of the molecule is O=C(Cc1ccccc1Cl)NCc1nccnc1-c1cccs1. The summed E-state index contributed by atoms with van der Waals surface area (Å²) in [7, 11) is 0. The molecule has 4 nitrogen and oxygen atoms in total. The maximum Gasteiger partial charge on any atom is 0.224 e. The Bertz CT molecular complexity index is 805. The van der Waals surface area contributed by atoms with E-state index in [1.165, 1.54) is 0 Å². The Morgan fingerprint density at radius 3 is 2.74 bits per heavy atom. The zero-order valence-corrected chi connectivity index (χ0v) is 13.8. The molecule has 0 saturated carbocycles. The molecule has 0 spiro atoms. The van der Waals surface area contributed by atoms with Crippen molar-refractivity contribution in [1.82, 2.24) is 15.3 Å². The topological polar surface area (TPSA) is 54.9 Å². The summed E-state index contributed by atoms with van der Waals surface area (Å²) >= 11 is 7.67. The molecule has 0 aliphatic heterocycles. The molecule has 1 amide bonds. The molecule has 0 unspecified atom stereocenters. The van der Waals surface area contributed by atoms with Crippen LogP contribution in [0.2, 0.25) is 5.02 Å². The molecule has 0 aliphatic rings. The number of rotatable bonds is 5. The average molecular weight is 344 g/mol. The zero-order valence-electron chi connectivity index (χ0n) is 12.2. The van der Waals surface area contributed by atoms with E-state index in [2.05, 4.69) is 15.3 Å². The monoisotopic (exact) mass is 343 g/mol. The van der Waals surface area contributed by atoms with Crippen molar-refractivity contribution < 1.29 is 4.79 Å². The second kappa shape index (κ2) is 7.35. The van der Waals surface area contributed by atoms with Gasteiger partial charge in [-0.15, -0.1) is 11.3 Å². The van der Waals surface area contributed by atoms with Crippen LogP contribution in [-0.4, -0.2) is 15.9 Å². The largest absolute Gasteiger partial charge is 0.350 e. The van der Waals surface area contributed by atoms with Crippen LogP contribution in [0, 0.1) is 0 Å². The minimum absolute atomic E-state index is 0.0964. The molecular formula is C17H14ClN3OS. The van der Waals surface area contributed by atoms with Gasteiger partial charge in [-0.2, -0.15) is 0 Å². The first-order valence-corrected chi connectivity index (χ1v) is 8.33. The number of aromatic nitrogens is 2. The smallest absolute Gasteiger partial charge is 0.224 e. The van der Waals surface area contributed by atoms with Crippen molar-refractivity contribution >= 4 is 28.8 Å². The highest BCUT2D eigenvalue weighted by Crippen LogP contribution is 2.24. The Morgan fingerprint density at radius 1 is 1.13 bits per heavy atom. The lowest BCUT2D eigenvalue weighted by Gasteiger charge is -2.08. The molecule has 1 N–H and O–H groups in total. The van der Waals surface area contributed by atoms with Crippen LogP contribution in [-0.2, 0) is 17.8 Å². The van der Waals surface area contributed by atoms with Gasteiger partial charge in [0, 0.05) is 17.4 Å². The van der Waals surface area contributed by atoms with Gasteiger partial charge in [0.25, 0.3) is 0 Å². The predicted molar refractivity (Wildman–Crippen MR) is 92.3 cm³/mol. The van der Waals surface area contributed by atoms with E-state index in [9.17, 15) is 4.79 Å². The first-order valence-electron chi connectivity index (χ1n) is 7.08. The Labute approximate surface area is 143 Å².